The van der Waals surface area contributed by atoms with E-state index in [9.17, 15) is 17.3 Å². The molecular formula is C10H22BF4NO2. The molecule has 0 saturated carbocycles. The van der Waals surface area contributed by atoms with Crippen molar-refractivity contribution in [1.82, 2.24) is 0 Å². The van der Waals surface area contributed by atoms with Crippen LogP contribution in [0.15, 0.2) is 0 Å². The van der Waals surface area contributed by atoms with Crippen molar-refractivity contribution in [2.24, 2.45) is 0 Å². The fraction of sp³-hybridized carbons (Fsp3) is 1.00. The molecule has 1 fully saturated rings. The minimum absolute atomic E-state index is 0.0203. The maximum atomic E-state index is 9.75. The van der Waals surface area contributed by atoms with Gasteiger partial charge in [-0.15, -0.1) is 0 Å². The third-order valence-corrected chi connectivity index (χ3v) is 2.85. The molecule has 8 heteroatoms. The molecule has 110 valence electrons. The summed E-state index contributed by atoms with van der Waals surface area (Å²) in [7, 11) is -1.99. The Hall–Kier alpha value is -0.335. The number of likely N-dealkylation sites (tertiary alicyclic amines) is 1. The summed E-state index contributed by atoms with van der Waals surface area (Å²) >= 11 is 0. The molecule has 0 spiro atoms. The van der Waals surface area contributed by atoms with E-state index in [2.05, 4.69) is 7.05 Å². The average Bonchev–Trinajstić information content (AvgIpc) is 2.62. The maximum Gasteiger partial charge on any atom is 0.673 e. The van der Waals surface area contributed by atoms with Crippen LogP contribution in [-0.4, -0.2) is 58.4 Å². The average molecular weight is 275 g/mol. The Morgan fingerprint density at radius 1 is 1.17 bits per heavy atom. The summed E-state index contributed by atoms with van der Waals surface area (Å²) in [5.74, 6) is 0. The lowest BCUT2D eigenvalue weighted by Crippen LogP contribution is -2.47. The third kappa shape index (κ3) is 9.67. The standard InChI is InChI=1S/C10H22NO2.BF4/c1-4-13-10(12-3)9-11(2)7-5-6-8-11;2-1(3,4)5/h10H,4-9H2,1-3H3;/q+1;-1. The minimum atomic E-state index is -6.00. The molecule has 0 aromatic heterocycles. The lowest BCUT2D eigenvalue weighted by molar-refractivity contribution is -0.903. The zero-order valence-electron chi connectivity index (χ0n) is 11.2. The highest BCUT2D eigenvalue weighted by Crippen LogP contribution is 2.17. The number of nitrogens with zero attached hydrogens (tertiary/aromatic N) is 1. The van der Waals surface area contributed by atoms with E-state index in [-0.39, 0.29) is 6.29 Å². The van der Waals surface area contributed by atoms with Crippen LogP contribution in [0.5, 0.6) is 0 Å². The summed E-state index contributed by atoms with van der Waals surface area (Å²) in [6.45, 7) is 6.28. The Kier molecular flexibility index (Phi) is 7.81. The smallest absolute Gasteiger partial charge is 0.418 e. The Morgan fingerprint density at radius 2 is 1.61 bits per heavy atom. The molecule has 18 heavy (non-hydrogen) atoms. The molecule has 0 aliphatic carbocycles. The van der Waals surface area contributed by atoms with E-state index in [1.807, 2.05) is 6.92 Å². The highest BCUT2D eigenvalue weighted by atomic mass is 19.5. The highest BCUT2D eigenvalue weighted by Gasteiger charge is 2.30. The quantitative estimate of drug-likeness (QED) is 0.332. The number of likely N-dealkylation sites (N-methyl/N-ethyl adjacent to an activating group) is 1. The first-order valence-electron chi connectivity index (χ1n) is 6.05. The van der Waals surface area contributed by atoms with E-state index in [1.54, 1.807) is 7.11 Å². The number of hydrogen-bond acceptors (Lipinski definition) is 2. The predicted octanol–water partition coefficient (Wildman–Crippen LogP) is 2.54. The Balaban J connectivity index is 0.000000494. The van der Waals surface area contributed by atoms with E-state index in [0.717, 1.165) is 17.6 Å². The monoisotopic (exact) mass is 275 g/mol. The second-order valence-electron chi connectivity index (χ2n) is 4.57. The SMILES string of the molecule is CCOC(C[N+]1(C)CCCC1)OC.F[B-](F)(F)F. The third-order valence-electron chi connectivity index (χ3n) is 2.85. The topological polar surface area (TPSA) is 18.5 Å². The van der Waals surface area contributed by atoms with Crippen LogP contribution in [0.25, 0.3) is 0 Å². The second kappa shape index (κ2) is 7.96. The van der Waals surface area contributed by atoms with Gasteiger partial charge in [0.15, 0.2) is 0 Å². The lowest BCUT2D eigenvalue weighted by Gasteiger charge is -2.32. The Labute approximate surface area is 106 Å². The molecule has 0 amide bonds. The van der Waals surface area contributed by atoms with Crippen molar-refractivity contribution in [1.29, 1.82) is 0 Å². The van der Waals surface area contributed by atoms with Crippen molar-refractivity contribution in [3.05, 3.63) is 0 Å². The summed E-state index contributed by atoms with van der Waals surface area (Å²) in [4.78, 5) is 0. The summed E-state index contributed by atoms with van der Waals surface area (Å²) in [6.07, 6.45) is 2.67. The van der Waals surface area contributed by atoms with E-state index >= 15 is 0 Å². The van der Waals surface area contributed by atoms with Gasteiger partial charge in [0.05, 0.1) is 20.1 Å². The first-order chi connectivity index (χ1) is 8.20. The fourth-order valence-electron chi connectivity index (χ4n) is 2.02. The van der Waals surface area contributed by atoms with E-state index in [1.165, 1.54) is 25.9 Å². The largest absolute Gasteiger partial charge is 0.673 e. The van der Waals surface area contributed by atoms with Gasteiger partial charge in [0.25, 0.3) is 0 Å². The Bertz CT molecular complexity index is 216. The molecule has 0 aromatic carbocycles. The summed E-state index contributed by atoms with van der Waals surface area (Å²) in [6, 6.07) is 0. The number of hydrogen-bond donors (Lipinski definition) is 0. The molecule has 1 saturated heterocycles. The predicted molar refractivity (Wildman–Crippen MR) is 62.6 cm³/mol. The van der Waals surface area contributed by atoms with Gasteiger partial charge >= 0.3 is 7.25 Å². The summed E-state index contributed by atoms with van der Waals surface area (Å²) < 4.78 is 50.9. The number of ether oxygens (including phenoxy) is 2. The van der Waals surface area contributed by atoms with Crippen LogP contribution in [0.4, 0.5) is 17.3 Å². The molecule has 0 bridgehead atoms. The number of quaternary nitrogens is 1. The molecule has 0 radical (unpaired) electrons. The summed E-state index contributed by atoms with van der Waals surface area (Å²) in [5.41, 5.74) is 0. The fourth-order valence-corrected chi connectivity index (χ4v) is 2.02. The van der Waals surface area contributed by atoms with Crippen molar-refractivity contribution in [2.45, 2.75) is 26.1 Å². The van der Waals surface area contributed by atoms with Gasteiger partial charge in [-0.05, 0) is 6.92 Å². The van der Waals surface area contributed by atoms with Crippen molar-refractivity contribution in [3.8, 4) is 0 Å². The van der Waals surface area contributed by atoms with Gasteiger partial charge in [0, 0.05) is 26.6 Å². The molecule has 3 nitrogen and oxygen atoms in total. The summed E-state index contributed by atoms with van der Waals surface area (Å²) in [5, 5.41) is 0. The lowest BCUT2D eigenvalue weighted by atomic mass is 10.3. The zero-order chi connectivity index (χ0) is 14.2. The van der Waals surface area contributed by atoms with E-state index < -0.39 is 7.25 Å². The first kappa shape index (κ1) is 17.7. The van der Waals surface area contributed by atoms with Gasteiger partial charge in [-0.2, -0.15) is 0 Å². The van der Waals surface area contributed by atoms with E-state index in [0.29, 0.717) is 0 Å². The second-order valence-corrected chi connectivity index (χ2v) is 4.57. The van der Waals surface area contributed by atoms with Gasteiger partial charge in [0.2, 0.25) is 6.29 Å². The molecule has 1 atom stereocenters. The molecule has 1 rings (SSSR count). The van der Waals surface area contributed by atoms with Gasteiger partial charge < -0.3 is 31.2 Å². The number of methoxy groups -OCH3 is 1. The Morgan fingerprint density at radius 3 is 1.94 bits per heavy atom. The van der Waals surface area contributed by atoms with Gasteiger partial charge in [-0.1, -0.05) is 0 Å². The van der Waals surface area contributed by atoms with Crippen LogP contribution in [0.1, 0.15) is 19.8 Å². The van der Waals surface area contributed by atoms with Crippen molar-refractivity contribution in [2.75, 3.05) is 40.4 Å². The molecular weight excluding hydrogens is 253 g/mol. The maximum absolute atomic E-state index is 9.75. The number of rotatable bonds is 5. The van der Waals surface area contributed by atoms with Gasteiger partial charge in [0.1, 0.15) is 6.54 Å². The van der Waals surface area contributed by atoms with Crippen molar-refractivity contribution in [3.63, 3.8) is 0 Å². The molecule has 0 aromatic rings. The molecule has 0 N–H and O–H groups in total. The zero-order valence-corrected chi connectivity index (χ0v) is 11.2. The van der Waals surface area contributed by atoms with Gasteiger partial charge in [-0.25, -0.2) is 0 Å². The van der Waals surface area contributed by atoms with Crippen LogP contribution in [0.3, 0.4) is 0 Å². The van der Waals surface area contributed by atoms with Crippen LogP contribution in [-0.2, 0) is 9.47 Å². The molecule has 1 unspecified atom stereocenters. The van der Waals surface area contributed by atoms with Crippen molar-refractivity contribution >= 4 is 7.25 Å². The van der Waals surface area contributed by atoms with Crippen LogP contribution < -0.4 is 0 Å². The highest BCUT2D eigenvalue weighted by molar-refractivity contribution is 6.50. The molecule has 1 aliphatic heterocycles. The van der Waals surface area contributed by atoms with Crippen LogP contribution in [0.2, 0.25) is 0 Å². The van der Waals surface area contributed by atoms with E-state index in [4.69, 9.17) is 9.47 Å². The first-order valence-corrected chi connectivity index (χ1v) is 6.05. The molecule has 1 aliphatic rings. The van der Waals surface area contributed by atoms with Gasteiger partial charge in [-0.3, -0.25) is 0 Å². The number of halogens is 4. The normalized spacial score (nSPS) is 20.2. The van der Waals surface area contributed by atoms with Crippen LogP contribution >= 0.6 is 0 Å². The van der Waals surface area contributed by atoms with Crippen LogP contribution in [0, 0.1) is 0 Å². The minimum Gasteiger partial charge on any atom is -0.418 e. The van der Waals surface area contributed by atoms with Crippen molar-refractivity contribution < 1.29 is 31.2 Å². The molecule has 1 heterocycles.